The Labute approximate surface area is 109 Å². The van der Waals surface area contributed by atoms with E-state index >= 15 is 0 Å². The molecule has 1 aromatic rings. The van der Waals surface area contributed by atoms with Crippen molar-refractivity contribution in [2.45, 2.75) is 39.7 Å². The summed E-state index contributed by atoms with van der Waals surface area (Å²) < 4.78 is 5.67. The summed E-state index contributed by atoms with van der Waals surface area (Å²) in [6.45, 7) is 6.14. The molecule has 0 aliphatic rings. The third-order valence-electron chi connectivity index (χ3n) is 2.88. The fraction of sp³-hybridized carbons (Fsp3) is 0.533. The lowest BCUT2D eigenvalue weighted by Gasteiger charge is -2.16. The molecule has 0 spiro atoms. The molecule has 0 radical (unpaired) electrons. The summed E-state index contributed by atoms with van der Waals surface area (Å²) in [7, 11) is 0. The standard InChI is InChI=1S/C15H21NO2/c1-12(17)13-7-4-5-8-14(13)18-10-6-9-15(2,3)11-16/h4-5,7-8,12,17H,6,9-10H2,1-3H3/t12-/m1/s1. The van der Waals surface area contributed by atoms with Gasteiger partial charge in [-0.3, -0.25) is 0 Å². The summed E-state index contributed by atoms with van der Waals surface area (Å²) in [5.74, 6) is 0.724. The van der Waals surface area contributed by atoms with Gasteiger partial charge in [-0.1, -0.05) is 18.2 Å². The Morgan fingerprint density at radius 3 is 2.67 bits per heavy atom. The Kier molecular flexibility index (Phi) is 5.18. The van der Waals surface area contributed by atoms with Crippen molar-refractivity contribution < 1.29 is 9.84 Å². The van der Waals surface area contributed by atoms with E-state index in [0.717, 1.165) is 24.2 Å². The molecule has 0 bridgehead atoms. The number of rotatable bonds is 6. The van der Waals surface area contributed by atoms with E-state index in [-0.39, 0.29) is 5.41 Å². The number of ether oxygens (including phenoxy) is 1. The van der Waals surface area contributed by atoms with Gasteiger partial charge < -0.3 is 9.84 Å². The first-order valence-electron chi connectivity index (χ1n) is 6.27. The summed E-state index contributed by atoms with van der Waals surface area (Å²) >= 11 is 0. The first-order chi connectivity index (χ1) is 8.46. The second-order valence-corrected chi connectivity index (χ2v) is 5.16. The Morgan fingerprint density at radius 1 is 1.39 bits per heavy atom. The van der Waals surface area contributed by atoms with Crippen LogP contribution in [0.15, 0.2) is 24.3 Å². The average molecular weight is 247 g/mol. The highest BCUT2D eigenvalue weighted by Gasteiger charge is 2.16. The molecule has 1 rings (SSSR count). The van der Waals surface area contributed by atoms with Gasteiger partial charge in [0.25, 0.3) is 0 Å². The maximum atomic E-state index is 9.61. The van der Waals surface area contributed by atoms with Gasteiger partial charge in [-0.2, -0.15) is 5.26 Å². The molecule has 0 amide bonds. The molecule has 1 atom stereocenters. The van der Waals surface area contributed by atoms with Crippen molar-refractivity contribution in [2.24, 2.45) is 5.41 Å². The van der Waals surface area contributed by atoms with Crippen LogP contribution in [0.2, 0.25) is 0 Å². The van der Waals surface area contributed by atoms with Crippen LogP contribution in [0, 0.1) is 16.7 Å². The van der Waals surface area contributed by atoms with Gasteiger partial charge >= 0.3 is 0 Å². The number of nitrogens with zero attached hydrogens (tertiary/aromatic N) is 1. The highest BCUT2D eigenvalue weighted by Crippen LogP contribution is 2.25. The predicted octanol–water partition coefficient (Wildman–Crippen LogP) is 3.45. The SMILES string of the molecule is C[C@@H](O)c1ccccc1OCCCC(C)(C)C#N. The van der Waals surface area contributed by atoms with Crippen LogP contribution < -0.4 is 4.74 Å². The largest absolute Gasteiger partial charge is 0.493 e. The van der Waals surface area contributed by atoms with E-state index < -0.39 is 6.10 Å². The fourth-order valence-electron chi connectivity index (χ4n) is 1.71. The average Bonchev–Trinajstić information content (AvgIpc) is 2.35. The van der Waals surface area contributed by atoms with Gasteiger partial charge in [0, 0.05) is 5.56 Å². The Morgan fingerprint density at radius 2 is 2.06 bits per heavy atom. The molecule has 0 heterocycles. The van der Waals surface area contributed by atoms with Gasteiger partial charge in [-0.15, -0.1) is 0 Å². The molecule has 0 unspecified atom stereocenters. The van der Waals surface area contributed by atoms with Crippen LogP contribution >= 0.6 is 0 Å². The molecular weight excluding hydrogens is 226 g/mol. The molecule has 3 heteroatoms. The maximum absolute atomic E-state index is 9.61. The number of benzene rings is 1. The van der Waals surface area contributed by atoms with Crippen molar-refractivity contribution in [2.75, 3.05) is 6.61 Å². The monoisotopic (exact) mass is 247 g/mol. The lowest BCUT2D eigenvalue weighted by Crippen LogP contribution is -2.10. The highest BCUT2D eigenvalue weighted by atomic mass is 16.5. The van der Waals surface area contributed by atoms with Crippen LogP contribution in [0.4, 0.5) is 0 Å². The van der Waals surface area contributed by atoms with Crippen LogP contribution in [-0.4, -0.2) is 11.7 Å². The van der Waals surface area contributed by atoms with Crippen LogP contribution in [-0.2, 0) is 0 Å². The molecule has 0 saturated heterocycles. The fourth-order valence-corrected chi connectivity index (χ4v) is 1.71. The van der Waals surface area contributed by atoms with Crippen LogP contribution in [0.1, 0.15) is 45.3 Å². The van der Waals surface area contributed by atoms with E-state index in [4.69, 9.17) is 10.00 Å². The van der Waals surface area contributed by atoms with Gasteiger partial charge in [0.1, 0.15) is 5.75 Å². The van der Waals surface area contributed by atoms with Gasteiger partial charge in [0.15, 0.2) is 0 Å². The summed E-state index contributed by atoms with van der Waals surface area (Å²) in [6, 6.07) is 9.76. The summed E-state index contributed by atoms with van der Waals surface area (Å²) in [4.78, 5) is 0. The molecule has 1 aromatic carbocycles. The maximum Gasteiger partial charge on any atom is 0.125 e. The van der Waals surface area contributed by atoms with Crippen molar-refractivity contribution in [3.63, 3.8) is 0 Å². The van der Waals surface area contributed by atoms with Crippen molar-refractivity contribution in [3.8, 4) is 11.8 Å². The van der Waals surface area contributed by atoms with Gasteiger partial charge in [0.2, 0.25) is 0 Å². The Hall–Kier alpha value is -1.53. The quantitative estimate of drug-likeness (QED) is 0.783. The first kappa shape index (κ1) is 14.5. The van der Waals surface area contributed by atoms with E-state index in [1.807, 2.05) is 38.1 Å². The third kappa shape index (κ3) is 4.38. The van der Waals surface area contributed by atoms with Crippen molar-refractivity contribution in [3.05, 3.63) is 29.8 Å². The number of nitriles is 1. The summed E-state index contributed by atoms with van der Waals surface area (Å²) in [6.07, 6.45) is 1.10. The van der Waals surface area contributed by atoms with Crippen LogP contribution in [0.3, 0.4) is 0 Å². The molecule has 0 aliphatic heterocycles. The van der Waals surface area contributed by atoms with E-state index in [9.17, 15) is 5.11 Å². The topological polar surface area (TPSA) is 53.2 Å². The summed E-state index contributed by atoms with van der Waals surface area (Å²) in [5, 5.41) is 18.5. The minimum absolute atomic E-state index is 0.298. The zero-order valence-electron chi connectivity index (χ0n) is 11.3. The molecule has 0 saturated carbocycles. The molecule has 98 valence electrons. The third-order valence-corrected chi connectivity index (χ3v) is 2.88. The lowest BCUT2D eigenvalue weighted by molar-refractivity contribution is 0.190. The van der Waals surface area contributed by atoms with E-state index in [1.54, 1.807) is 6.92 Å². The molecule has 18 heavy (non-hydrogen) atoms. The smallest absolute Gasteiger partial charge is 0.125 e. The zero-order valence-corrected chi connectivity index (χ0v) is 11.3. The first-order valence-corrected chi connectivity index (χ1v) is 6.27. The lowest BCUT2D eigenvalue weighted by atomic mass is 9.90. The van der Waals surface area contributed by atoms with E-state index in [2.05, 4.69) is 6.07 Å². The van der Waals surface area contributed by atoms with Gasteiger partial charge in [-0.05, 0) is 39.7 Å². The van der Waals surface area contributed by atoms with Crippen LogP contribution in [0.5, 0.6) is 5.75 Å². The van der Waals surface area contributed by atoms with Crippen molar-refractivity contribution >= 4 is 0 Å². The van der Waals surface area contributed by atoms with Gasteiger partial charge in [0.05, 0.1) is 24.2 Å². The second kappa shape index (κ2) is 6.42. The molecular formula is C15H21NO2. The van der Waals surface area contributed by atoms with E-state index in [0.29, 0.717) is 6.61 Å². The van der Waals surface area contributed by atoms with Gasteiger partial charge in [-0.25, -0.2) is 0 Å². The second-order valence-electron chi connectivity index (χ2n) is 5.16. The normalized spacial score (nSPS) is 12.8. The molecule has 0 aliphatic carbocycles. The number of para-hydroxylation sites is 1. The minimum Gasteiger partial charge on any atom is -0.493 e. The highest BCUT2D eigenvalue weighted by molar-refractivity contribution is 5.34. The Balaban J connectivity index is 2.48. The van der Waals surface area contributed by atoms with E-state index in [1.165, 1.54) is 0 Å². The number of hydrogen-bond acceptors (Lipinski definition) is 3. The zero-order chi connectivity index (χ0) is 13.6. The molecule has 0 aromatic heterocycles. The number of aliphatic hydroxyl groups excluding tert-OH is 1. The number of aliphatic hydroxyl groups is 1. The molecule has 0 fully saturated rings. The molecule has 1 N–H and O–H groups in total. The van der Waals surface area contributed by atoms with Crippen molar-refractivity contribution in [1.82, 2.24) is 0 Å². The van der Waals surface area contributed by atoms with Crippen molar-refractivity contribution in [1.29, 1.82) is 5.26 Å². The number of hydrogen-bond donors (Lipinski definition) is 1. The Bertz CT molecular complexity index is 419. The van der Waals surface area contributed by atoms with Crippen LogP contribution in [0.25, 0.3) is 0 Å². The predicted molar refractivity (Wildman–Crippen MR) is 71.2 cm³/mol. The molecule has 3 nitrogen and oxygen atoms in total. The minimum atomic E-state index is -0.531. The summed E-state index contributed by atoms with van der Waals surface area (Å²) in [5.41, 5.74) is 0.504.